The van der Waals surface area contributed by atoms with Gasteiger partial charge in [0.15, 0.2) is 0 Å². The van der Waals surface area contributed by atoms with Crippen LogP contribution >= 0.6 is 0 Å². The summed E-state index contributed by atoms with van der Waals surface area (Å²) in [6.45, 7) is -0.353. The van der Waals surface area contributed by atoms with Crippen LogP contribution in [0.4, 0.5) is 5.69 Å². The molecule has 3 aromatic rings. The second kappa shape index (κ2) is 5.19. The number of nitrogens with one attached hydrogen (secondary N) is 1. The van der Waals surface area contributed by atoms with Gasteiger partial charge in [0.1, 0.15) is 12.4 Å². The summed E-state index contributed by atoms with van der Waals surface area (Å²) in [6, 6.07) is 9.78. The monoisotopic (exact) mass is 304 g/mol. The van der Waals surface area contributed by atoms with Gasteiger partial charge in [-0.3, -0.25) is 9.71 Å². The number of hydrogen-bond acceptors (Lipinski definition) is 5. The third kappa shape index (κ3) is 2.61. The molecule has 7 heteroatoms. The van der Waals surface area contributed by atoms with Gasteiger partial charge < -0.3 is 9.52 Å². The first-order chi connectivity index (χ1) is 10.1. The summed E-state index contributed by atoms with van der Waals surface area (Å²) in [7, 11) is -3.85. The molecule has 0 atom stereocenters. The molecule has 0 saturated carbocycles. The molecule has 0 amide bonds. The zero-order chi connectivity index (χ0) is 14.9. The fourth-order valence-electron chi connectivity index (χ4n) is 1.99. The first-order valence-corrected chi connectivity index (χ1v) is 7.63. The number of pyridine rings is 1. The van der Waals surface area contributed by atoms with E-state index >= 15 is 0 Å². The lowest BCUT2D eigenvalue weighted by Crippen LogP contribution is -2.12. The van der Waals surface area contributed by atoms with Gasteiger partial charge in [-0.05, 0) is 29.7 Å². The van der Waals surface area contributed by atoms with Crippen LogP contribution in [-0.2, 0) is 16.6 Å². The molecule has 3 rings (SSSR count). The first kappa shape index (κ1) is 13.6. The van der Waals surface area contributed by atoms with Gasteiger partial charge in [0.05, 0.1) is 5.69 Å². The zero-order valence-electron chi connectivity index (χ0n) is 10.9. The van der Waals surface area contributed by atoms with E-state index in [-0.39, 0.29) is 17.5 Å². The van der Waals surface area contributed by atoms with Crippen LogP contribution in [0.2, 0.25) is 0 Å². The Morgan fingerprint density at radius 2 is 2.05 bits per heavy atom. The van der Waals surface area contributed by atoms with E-state index in [1.54, 1.807) is 30.6 Å². The van der Waals surface area contributed by atoms with Crippen molar-refractivity contribution in [1.29, 1.82) is 0 Å². The van der Waals surface area contributed by atoms with E-state index in [0.29, 0.717) is 11.1 Å². The number of furan rings is 1. The van der Waals surface area contributed by atoms with Crippen LogP contribution in [0.25, 0.3) is 10.8 Å². The van der Waals surface area contributed by atoms with Crippen molar-refractivity contribution < 1.29 is 17.9 Å². The average Bonchev–Trinajstić information content (AvgIpc) is 2.97. The maximum absolute atomic E-state index is 12.3. The van der Waals surface area contributed by atoms with Crippen molar-refractivity contribution in [2.75, 3.05) is 4.72 Å². The van der Waals surface area contributed by atoms with Crippen LogP contribution in [0.5, 0.6) is 0 Å². The summed E-state index contributed by atoms with van der Waals surface area (Å²) in [4.78, 5) is 4.00. The Morgan fingerprint density at radius 1 is 1.19 bits per heavy atom. The number of hydrogen-bond donors (Lipinski definition) is 2. The summed E-state index contributed by atoms with van der Waals surface area (Å²) >= 11 is 0. The molecule has 6 nitrogen and oxygen atoms in total. The van der Waals surface area contributed by atoms with Crippen LogP contribution in [0.15, 0.2) is 58.3 Å². The van der Waals surface area contributed by atoms with Crippen molar-refractivity contribution in [2.45, 2.75) is 11.7 Å². The summed E-state index contributed by atoms with van der Waals surface area (Å²) in [5, 5.41) is 10.3. The van der Waals surface area contributed by atoms with Crippen molar-refractivity contribution in [1.82, 2.24) is 4.98 Å². The Balaban J connectivity index is 2.01. The number of fused-ring (bicyclic) bond motifs is 1. The van der Waals surface area contributed by atoms with E-state index in [9.17, 15) is 8.42 Å². The zero-order valence-corrected chi connectivity index (χ0v) is 11.7. The SMILES string of the molecule is O=S(=O)(Nc1cccc2ccncc12)c1ccc(CO)o1. The number of rotatable bonds is 4. The van der Waals surface area contributed by atoms with E-state index in [1.165, 1.54) is 12.1 Å². The molecule has 108 valence electrons. The highest BCUT2D eigenvalue weighted by Gasteiger charge is 2.19. The predicted molar refractivity (Wildman–Crippen MR) is 77.2 cm³/mol. The quantitative estimate of drug-likeness (QED) is 0.770. The minimum Gasteiger partial charge on any atom is -0.445 e. The van der Waals surface area contributed by atoms with Crippen molar-refractivity contribution in [3.8, 4) is 0 Å². The minimum atomic E-state index is -3.85. The van der Waals surface area contributed by atoms with Crippen molar-refractivity contribution >= 4 is 26.5 Å². The molecule has 0 unspecified atom stereocenters. The molecule has 2 aromatic heterocycles. The van der Waals surface area contributed by atoms with Gasteiger partial charge in [0, 0.05) is 17.8 Å². The average molecular weight is 304 g/mol. The Labute approximate surface area is 121 Å². The van der Waals surface area contributed by atoms with Crippen LogP contribution in [-0.4, -0.2) is 18.5 Å². The normalized spacial score (nSPS) is 11.7. The molecule has 0 fully saturated rings. The summed E-state index contributed by atoms with van der Waals surface area (Å²) in [5.74, 6) is 0.190. The molecular weight excluding hydrogens is 292 g/mol. The number of nitrogens with zero attached hydrogens (tertiary/aromatic N) is 1. The highest BCUT2D eigenvalue weighted by molar-refractivity contribution is 7.92. The molecule has 2 heterocycles. The molecule has 0 radical (unpaired) electrons. The van der Waals surface area contributed by atoms with Crippen LogP contribution in [0.3, 0.4) is 0 Å². The Hall–Kier alpha value is -2.38. The van der Waals surface area contributed by atoms with E-state index in [2.05, 4.69) is 9.71 Å². The smallest absolute Gasteiger partial charge is 0.295 e. The number of sulfonamides is 1. The molecule has 0 spiro atoms. The molecule has 1 aromatic carbocycles. The van der Waals surface area contributed by atoms with Gasteiger partial charge in [-0.2, -0.15) is 8.42 Å². The number of aliphatic hydroxyl groups excluding tert-OH is 1. The maximum atomic E-state index is 12.3. The lowest BCUT2D eigenvalue weighted by atomic mass is 10.1. The van der Waals surface area contributed by atoms with Crippen LogP contribution in [0, 0.1) is 0 Å². The second-order valence-corrected chi connectivity index (χ2v) is 6.00. The largest absolute Gasteiger partial charge is 0.445 e. The summed E-state index contributed by atoms with van der Waals surface area (Å²) in [5.41, 5.74) is 0.419. The Kier molecular flexibility index (Phi) is 3.36. The van der Waals surface area contributed by atoms with Crippen LogP contribution in [0.1, 0.15) is 5.76 Å². The number of aliphatic hydroxyl groups is 1. The molecule has 2 N–H and O–H groups in total. The topological polar surface area (TPSA) is 92.4 Å². The van der Waals surface area contributed by atoms with Crippen molar-refractivity contribution in [2.24, 2.45) is 0 Å². The van der Waals surface area contributed by atoms with Gasteiger partial charge in [-0.1, -0.05) is 12.1 Å². The van der Waals surface area contributed by atoms with Gasteiger partial charge in [0.2, 0.25) is 5.09 Å². The number of benzene rings is 1. The number of anilines is 1. The second-order valence-electron chi connectivity index (χ2n) is 4.39. The van der Waals surface area contributed by atoms with Gasteiger partial charge in [0.25, 0.3) is 10.0 Å². The molecule has 0 aliphatic heterocycles. The molecule has 21 heavy (non-hydrogen) atoms. The lowest BCUT2D eigenvalue weighted by molar-refractivity contribution is 0.236. The minimum absolute atomic E-state index is 0.190. The fourth-order valence-corrected chi connectivity index (χ4v) is 3.02. The standard InChI is InChI=1S/C14H12N2O4S/c17-9-11-4-5-14(20-11)21(18,19)16-13-3-1-2-10-6-7-15-8-12(10)13/h1-8,16-17H,9H2. The van der Waals surface area contributed by atoms with E-state index in [1.807, 2.05) is 6.07 Å². The highest BCUT2D eigenvalue weighted by Crippen LogP contribution is 2.25. The maximum Gasteiger partial charge on any atom is 0.295 e. The Morgan fingerprint density at radius 3 is 2.81 bits per heavy atom. The first-order valence-electron chi connectivity index (χ1n) is 6.15. The summed E-state index contributed by atoms with van der Waals surface area (Å²) < 4.78 is 32.1. The summed E-state index contributed by atoms with van der Waals surface area (Å²) in [6.07, 6.45) is 3.23. The molecular formula is C14H12N2O4S. The number of aromatic nitrogens is 1. The van der Waals surface area contributed by atoms with Crippen LogP contribution < -0.4 is 4.72 Å². The van der Waals surface area contributed by atoms with E-state index in [0.717, 1.165) is 5.39 Å². The lowest BCUT2D eigenvalue weighted by Gasteiger charge is -2.08. The van der Waals surface area contributed by atoms with Crippen molar-refractivity contribution in [3.05, 3.63) is 54.6 Å². The van der Waals surface area contributed by atoms with E-state index in [4.69, 9.17) is 9.52 Å². The van der Waals surface area contributed by atoms with E-state index < -0.39 is 10.0 Å². The highest BCUT2D eigenvalue weighted by atomic mass is 32.2. The molecule has 0 aliphatic carbocycles. The fraction of sp³-hybridized carbons (Fsp3) is 0.0714. The molecule has 0 saturated heterocycles. The van der Waals surface area contributed by atoms with Gasteiger partial charge >= 0.3 is 0 Å². The van der Waals surface area contributed by atoms with Gasteiger partial charge in [-0.25, -0.2) is 0 Å². The van der Waals surface area contributed by atoms with Gasteiger partial charge in [-0.15, -0.1) is 0 Å². The predicted octanol–water partition coefficient (Wildman–Crippen LogP) is 2.12. The van der Waals surface area contributed by atoms with Crippen molar-refractivity contribution in [3.63, 3.8) is 0 Å². The third-order valence-electron chi connectivity index (χ3n) is 2.99. The molecule has 0 bridgehead atoms. The Bertz CT molecular complexity index is 881. The molecule has 0 aliphatic rings. The third-order valence-corrected chi connectivity index (χ3v) is 4.22.